The number of hydrogen-bond donors (Lipinski definition) is 1. The fraction of sp³-hybridized carbons (Fsp3) is 0.500. The molecule has 1 saturated heterocycles. The predicted molar refractivity (Wildman–Crippen MR) is 142 cm³/mol. The molecule has 3 aromatic rings. The SMILES string of the molecule is C[C@H]1CNCCN1c1ccc2c(c1)CC(CCC1CCCC1)c1nc(=O)c3c(Br)cccc3n1-2. The zero-order valence-electron chi connectivity index (χ0n) is 19.9. The molecule has 34 heavy (non-hydrogen) atoms. The second-order valence-electron chi connectivity index (χ2n) is 10.4. The zero-order valence-corrected chi connectivity index (χ0v) is 21.5. The van der Waals surface area contributed by atoms with E-state index in [1.807, 2.05) is 12.1 Å². The molecule has 2 aromatic carbocycles. The molecule has 6 heteroatoms. The van der Waals surface area contributed by atoms with Crippen molar-refractivity contribution in [3.63, 3.8) is 0 Å². The van der Waals surface area contributed by atoms with Gasteiger partial charge in [-0.3, -0.25) is 9.36 Å². The average Bonchev–Trinajstić information content (AvgIpc) is 3.36. The molecule has 1 aromatic heterocycles. The highest BCUT2D eigenvalue weighted by Gasteiger charge is 2.30. The minimum Gasteiger partial charge on any atom is -0.366 e. The van der Waals surface area contributed by atoms with E-state index in [1.165, 1.54) is 49.0 Å². The van der Waals surface area contributed by atoms with E-state index in [4.69, 9.17) is 4.98 Å². The van der Waals surface area contributed by atoms with Gasteiger partial charge in [-0.1, -0.05) is 31.7 Å². The van der Waals surface area contributed by atoms with E-state index < -0.39 is 0 Å². The molecule has 2 atom stereocenters. The number of piperazine rings is 1. The van der Waals surface area contributed by atoms with Crippen LogP contribution in [0, 0.1) is 5.92 Å². The summed E-state index contributed by atoms with van der Waals surface area (Å²) in [6.45, 7) is 5.38. The summed E-state index contributed by atoms with van der Waals surface area (Å²) < 4.78 is 3.10. The maximum atomic E-state index is 13.1. The molecule has 178 valence electrons. The summed E-state index contributed by atoms with van der Waals surface area (Å²) in [5, 5.41) is 4.18. The molecule has 2 fully saturated rings. The largest absolute Gasteiger partial charge is 0.366 e. The van der Waals surface area contributed by atoms with E-state index in [-0.39, 0.29) is 11.5 Å². The molecule has 1 N–H and O–H groups in total. The van der Waals surface area contributed by atoms with Gasteiger partial charge in [0.05, 0.1) is 16.6 Å². The standard InChI is InChI=1S/C28H33BrN4O/c1-18-17-30-13-14-32(18)22-11-12-24-21(16-22)15-20(10-9-19-5-2-3-6-19)27-31-28(34)26-23(29)7-4-8-25(26)33(24)27/h4,7-8,11-12,16,18-20,30H,2-3,5-6,9-10,13-15,17H2,1H3/t18-,20?/m0/s1. The minimum atomic E-state index is -0.116. The van der Waals surface area contributed by atoms with Crippen LogP contribution in [0.25, 0.3) is 16.6 Å². The molecule has 1 unspecified atom stereocenters. The highest BCUT2D eigenvalue weighted by Crippen LogP contribution is 2.40. The third-order valence-corrected chi connectivity index (χ3v) is 8.92. The highest BCUT2D eigenvalue weighted by atomic mass is 79.9. The predicted octanol–water partition coefficient (Wildman–Crippen LogP) is 5.56. The van der Waals surface area contributed by atoms with Gasteiger partial charge in [0.2, 0.25) is 0 Å². The maximum absolute atomic E-state index is 13.1. The van der Waals surface area contributed by atoms with Gasteiger partial charge in [-0.2, -0.15) is 4.98 Å². The monoisotopic (exact) mass is 520 g/mol. The van der Waals surface area contributed by atoms with Crippen molar-refractivity contribution >= 4 is 32.5 Å². The summed E-state index contributed by atoms with van der Waals surface area (Å²) in [6.07, 6.45) is 8.76. The van der Waals surface area contributed by atoms with Crippen molar-refractivity contribution in [3.05, 3.63) is 62.6 Å². The lowest BCUT2D eigenvalue weighted by atomic mass is 9.86. The first-order chi connectivity index (χ1) is 16.6. The van der Waals surface area contributed by atoms with Gasteiger partial charge in [0.15, 0.2) is 0 Å². The minimum absolute atomic E-state index is 0.116. The van der Waals surface area contributed by atoms with Crippen LogP contribution in [-0.2, 0) is 6.42 Å². The number of hydrogen-bond acceptors (Lipinski definition) is 4. The summed E-state index contributed by atoms with van der Waals surface area (Å²) >= 11 is 3.61. The van der Waals surface area contributed by atoms with Crippen LogP contribution in [0.4, 0.5) is 5.69 Å². The molecule has 3 heterocycles. The summed E-state index contributed by atoms with van der Waals surface area (Å²) in [4.78, 5) is 20.4. The number of nitrogens with one attached hydrogen (secondary N) is 1. The number of benzene rings is 2. The Bertz CT molecular complexity index is 1280. The van der Waals surface area contributed by atoms with E-state index in [2.05, 4.69) is 61.9 Å². The Labute approximate surface area is 209 Å². The van der Waals surface area contributed by atoms with Crippen molar-refractivity contribution < 1.29 is 0 Å². The van der Waals surface area contributed by atoms with Crippen LogP contribution in [0.1, 0.15) is 62.8 Å². The van der Waals surface area contributed by atoms with Crippen LogP contribution in [0.3, 0.4) is 0 Å². The topological polar surface area (TPSA) is 50.2 Å². The average molecular weight is 522 g/mol. The Kier molecular flexibility index (Phi) is 5.98. The lowest BCUT2D eigenvalue weighted by Crippen LogP contribution is -2.50. The molecular formula is C28H33BrN4O. The van der Waals surface area contributed by atoms with E-state index in [0.29, 0.717) is 11.4 Å². The van der Waals surface area contributed by atoms with Crippen LogP contribution in [0.15, 0.2) is 45.7 Å². The molecule has 1 aliphatic carbocycles. The van der Waals surface area contributed by atoms with E-state index in [1.54, 1.807) is 0 Å². The fourth-order valence-corrected chi connectivity index (χ4v) is 6.98. The van der Waals surface area contributed by atoms with Crippen molar-refractivity contribution in [2.75, 3.05) is 24.5 Å². The Morgan fingerprint density at radius 3 is 2.82 bits per heavy atom. The van der Waals surface area contributed by atoms with Crippen molar-refractivity contribution in [2.24, 2.45) is 5.92 Å². The Morgan fingerprint density at radius 2 is 2.00 bits per heavy atom. The zero-order chi connectivity index (χ0) is 23.2. The second-order valence-corrected chi connectivity index (χ2v) is 11.3. The molecule has 2 aliphatic heterocycles. The number of fused-ring (bicyclic) bond motifs is 5. The van der Waals surface area contributed by atoms with E-state index in [0.717, 1.165) is 54.2 Å². The molecule has 0 bridgehead atoms. The summed E-state index contributed by atoms with van der Waals surface area (Å²) in [6, 6.07) is 13.4. The van der Waals surface area contributed by atoms with Gasteiger partial charge in [0.1, 0.15) is 5.82 Å². The van der Waals surface area contributed by atoms with Crippen molar-refractivity contribution in [1.29, 1.82) is 0 Å². The fourth-order valence-electron chi connectivity index (χ4n) is 6.45. The number of halogens is 1. The van der Waals surface area contributed by atoms with Crippen LogP contribution in [0.5, 0.6) is 0 Å². The van der Waals surface area contributed by atoms with E-state index >= 15 is 0 Å². The van der Waals surface area contributed by atoms with Gasteiger partial charge in [-0.05, 0) is 83.9 Å². The molecule has 5 nitrogen and oxygen atoms in total. The summed E-state index contributed by atoms with van der Waals surface area (Å²) in [7, 11) is 0. The highest BCUT2D eigenvalue weighted by molar-refractivity contribution is 9.10. The molecule has 3 aliphatic rings. The second kappa shape index (κ2) is 9.12. The van der Waals surface area contributed by atoms with E-state index in [9.17, 15) is 4.79 Å². The molecule has 0 amide bonds. The first kappa shape index (κ1) is 22.3. The van der Waals surface area contributed by atoms with Gasteiger partial charge in [-0.25, -0.2) is 0 Å². The Balaban J connectivity index is 1.47. The number of anilines is 1. The van der Waals surface area contributed by atoms with Crippen LogP contribution >= 0.6 is 15.9 Å². The first-order valence-corrected chi connectivity index (χ1v) is 13.7. The summed E-state index contributed by atoms with van der Waals surface area (Å²) in [5.74, 6) is 2.06. The molecule has 0 radical (unpaired) electrons. The number of nitrogens with zero attached hydrogens (tertiary/aromatic N) is 3. The van der Waals surface area contributed by atoms with Crippen LogP contribution < -0.4 is 15.8 Å². The smallest absolute Gasteiger partial charge is 0.281 e. The normalized spacial score (nSPS) is 22.7. The van der Waals surface area contributed by atoms with Crippen molar-refractivity contribution in [1.82, 2.24) is 14.9 Å². The van der Waals surface area contributed by atoms with Gasteiger partial charge in [-0.15, -0.1) is 0 Å². The van der Waals surface area contributed by atoms with Gasteiger partial charge < -0.3 is 10.2 Å². The Morgan fingerprint density at radius 1 is 1.15 bits per heavy atom. The van der Waals surface area contributed by atoms with Crippen LogP contribution in [-0.4, -0.2) is 35.2 Å². The van der Waals surface area contributed by atoms with Gasteiger partial charge in [0.25, 0.3) is 5.56 Å². The van der Waals surface area contributed by atoms with Crippen molar-refractivity contribution in [2.45, 2.75) is 63.8 Å². The number of aromatic nitrogens is 2. The first-order valence-electron chi connectivity index (χ1n) is 12.9. The molecular weight excluding hydrogens is 488 g/mol. The molecule has 1 saturated carbocycles. The quantitative estimate of drug-likeness (QED) is 0.489. The Hall–Kier alpha value is -2.18. The van der Waals surface area contributed by atoms with Crippen molar-refractivity contribution in [3.8, 4) is 5.69 Å². The van der Waals surface area contributed by atoms with Gasteiger partial charge >= 0.3 is 0 Å². The third-order valence-electron chi connectivity index (χ3n) is 8.26. The van der Waals surface area contributed by atoms with Crippen LogP contribution in [0.2, 0.25) is 0 Å². The lowest BCUT2D eigenvalue weighted by Gasteiger charge is -2.37. The molecule has 0 spiro atoms. The third kappa shape index (κ3) is 3.89. The maximum Gasteiger partial charge on any atom is 0.281 e. The summed E-state index contributed by atoms with van der Waals surface area (Å²) in [5.41, 5.74) is 4.70. The van der Waals surface area contributed by atoms with Gasteiger partial charge in [0, 0.05) is 41.8 Å². The lowest BCUT2D eigenvalue weighted by molar-refractivity contribution is 0.432. The number of rotatable bonds is 4. The molecule has 6 rings (SSSR count).